The van der Waals surface area contributed by atoms with Gasteiger partial charge in [-0.3, -0.25) is 0 Å². The molecule has 0 heterocycles. The van der Waals surface area contributed by atoms with Gasteiger partial charge in [0.05, 0.1) is 26.7 Å². The van der Waals surface area contributed by atoms with Crippen molar-refractivity contribution >= 4 is 0 Å². The maximum Gasteiger partial charge on any atom is 0.132 e. The summed E-state index contributed by atoms with van der Waals surface area (Å²) in [5.74, 6) is 4.67. The third kappa shape index (κ3) is 6.28. The molecule has 5 aromatic carbocycles. The van der Waals surface area contributed by atoms with Crippen molar-refractivity contribution in [2.75, 3.05) is 21.3 Å². The zero-order valence-corrected chi connectivity index (χ0v) is 27.7. The second-order valence-electron chi connectivity index (χ2n) is 12.1. The lowest BCUT2D eigenvalue weighted by Crippen LogP contribution is -2.32. The van der Waals surface area contributed by atoms with Crippen molar-refractivity contribution in [1.82, 2.24) is 0 Å². The summed E-state index contributed by atoms with van der Waals surface area (Å²) in [6.45, 7) is 11.0. The quantitative estimate of drug-likeness (QED) is 0.141. The van der Waals surface area contributed by atoms with E-state index in [1.54, 1.807) is 21.3 Å². The van der Waals surface area contributed by atoms with Crippen LogP contribution in [0.3, 0.4) is 0 Å². The number of benzene rings is 5. The van der Waals surface area contributed by atoms with Crippen molar-refractivity contribution < 1.29 is 18.9 Å². The molecule has 5 rings (SSSR count). The van der Waals surface area contributed by atoms with E-state index in [1.165, 1.54) is 11.1 Å². The Morgan fingerprint density at radius 3 is 1.42 bits per heavy atom. The first kappa shape index (κ1) is 31.7. The Balaban J connectivity index is 1.91. The van der Waals surface area contributed by atoms with Crippen LogP contribution in [0.25, 0.3) is 0 Å². The largest absolute Gasteiger partial charge is 0.497 e. The number of methoxy groups -OCH3 is 3. The summed E-state index contributed by atoms with van der Waals surface area (Å²) < 4.78 is 24.2. The van der Waals surface area contributed by atoms with E-state index in [-0.39, 0.29) is 0 Å². The van der Waals surface area contributed by atoms with Gasteiger partial charge < -0.3 is 18.9 Å². The highest BCUT2D eigenvalue weighted by Gasteiger charge is 2.43. The number of rotatable bonds is 11. The van der Waals surface area contributed by atoms with Crippen LogP contribution >= 0.6 is 0 Å². The van der Waals surface area contributed by atoms with Crippen LogP contribution < -0.4 is 18.9 Å². The molecule has 4 heteroatoms. The van der Waals surface area contributed by atoms with Gasteiger partial charge in [0, 0.05) is 11.1 Å². The Hall–Kier alpha value is -4.70. The van der Waals surface area contributed by atoms with Crippen LogP contribution in [-0.4, -0.2) is 21.3 Å². The van der Waals surface area contributed by atoms with Crippen LogP contribution in [0.2, 0.25) is 0 Å². The van der Waals surface area contributed by atoms with Gasteiger partial charge in [-0.05, 0) is 89.5 Å². The summed E-state index contributed by atoms with van der Waals surface area (Å²) in [6.07, 6.45) is 0. The van der Waals surface area contributed by atoms with Crippen LogP contribution in [0.1, 0.15) is 78.5 Å². The molecule has 0 bridgehead atoms. The molecule has 0 atom stereocenters. The number of aryl methyl sites for hydroxylation is 1. The smallest absolute Gasteiger partial charge is 0.132 e. The molecule has 45 heavy (non-hydrogen) atoms. The van der Waals surface area contributed by atoms with Crippen LogP contribution in [-0.2, 0) is 5.41 Å². The molecule has 0 aliphatic rings. The molecule has 0 aliphatic carbocycles. The average molecular weight is 601 g/mol. The summed E-state index contributed by atoms with van der Waals surface area (Å²) >= 11 is 0. The van der Waals surface area contributed by atoms with E-state index in [9.17, 15) is 0 Å². The number of hydrogen-bond donors (Lipinski definition) is 0. The Morgan fingerprint density at radius 2 is 0.933 bits per heavy atom. The Bertz CT molecular complexity index is 1670. The highest BCUT2D eigenvalue weighted by molar-refractivity contribution is 5.68. The molecule has 0 saturated carbocycles. The van der Waals surface area contributed by atoms with Crippen molar-refractivity contribution in [3.8, 4) is 28.7 Å². The van der Waals surface area contributed by atoms with E-state index in [1.807, 2.05) is 24.3 Å². The minimum absolute atomic E-state index is 0.312. The third-order valence-corrected chi connectivity index (χ3v) is 8.65. The molecule has 0 fully saturated rings. The van der Waals surface area contributed by atoms with Gasteiger partial charge >= 0.3 is 0 Å². The van der Waals surface area contributed by atoms with Crippen molar-refractivity contribution in [1.29, 1.82) is 0 Å². The number of ether oxygens (including phenoxy) is 4. The fourth-order valence-corrected chi connectivity index (χ4v) is 6.07. The maximum atomic E-state index is 6.82. The maximum absolute atomic E-state index is 6.82. The monoisotopic (exact) mass is 600 g/mol. The first-order chi connectivity index (χ1) is 21.7. The fraction of sp³-hybridized carbons (Fsp3) is 0.268. The second kappa shape index (κ2) is 13.5. The topological polar surface area (TPSA) is 36.9 Å². The zero-order chi connectivity index (χ0) is 32.1. The molecule has 232 valence electrons. The normalized spacial score (nSPS) is 11.5. The zero-order valence-electron chi connectivity index (χ0n) is 27.7. The molecule has 0 amide bonds. The minimum atomic E-state index is -0.839. The predicted molar refractivity (Wildman–Crippen MR) is 184 cm³/mol. The number of hydrogen-bond acceptors (Lipinski definition) is 4. The van der Waals surface area contributed by atoms with E-state index in [2.05, 4.69) is 120 Å². The van der Waals surface area contributed by atoms with Gasteiger partial charge in [0.15, 0.2) is 0 Å². The van der Waals surface area contributed by atoms with Crippen molar-refractivity contribution in [2.24, 2.45) is 0 Å². The first-order valence-electron chi connectivity index (χ1n) is 15.6. The Labute approximate surface area is 268 Å². The standard InChI is InChI=1S/C41H44O4/c1-27(2)30-10-17-36(18-11-30)45-40-23-9-29(5)25-37(40)41(32-13-19-34(42-6)20-14-32,33-15-21-35(43-7)22-16-33)38-26-31(28(3)4)12-24-39(38)44-8/h9-28H,1-8H3. The molecule has 4 nitrogen and oxygen atoms in total. The molecule has 0 spiro atoms. The highest BCUT2D eigenvalue weighted by Crippen LogP contribution is 2.53. The molecule has 5 aromatic rings. The van der Waals surface area contributed by atoms with Gasteiger partial charge in [0.25, 0.3) is 0 Å². The van der Waals surface area contributed by atoms with Crippen LogP contribution in [0.15, 0.2) is 109 Å². The molecule has 0 aromatic heterocycles. The van der Waals surface area contributed by atoms with Crippen LogP contribution in [0.4, 0.5) is 0 Å². The SMILES string of the molecule is COc1ccc(C(c2ccc(OC)cc2)(c2cc(C(C)C)ccc2OC)c2cc(C)ccc2Oc2ccc(C(C)C)cc2)cc1. The van der Waals surface area contributed by atoms with E-state index >= 15 is 0 Å². The van der Waals surface area contributed by atoms with E-state index in [4.69, 9.17) is 18.9 Å². The minimum Gasteiger partial charge on any atom is -0.497 e. The summed E-state index contributed by atoms with van der Waals surface area (Å²) in [6, 6.07) is 38.0. The van der Waals surface area contributed by atoms with E-state index in [0.29, 0.717) is 11.8 Å². The van der Waals surface area contributed by atoms with Crippen LogP contribution in [0, 0.1) is 6.92 Å². The molecule has 0 saturated heterocycles. The van der Waals surface area contributed by atoms with E-state index < -0.39 is 5.41 Å². The second-order valence-corrected chi connectivity index (χ2v) is 12.1. The molecule has 0 radical (unpaired) electrons. The average Bonchev–Trinajstić information content (AvgIpc) is 3.07. The van der Waals surface area contributed by atoms with Crippen molar-refractivity contribution in [3.05, 3.63) is 148 Å². The predicted octanol–water partition coefficient (Wildman–Crippen LogP) is 10.4. The molecule has 0 unspecified atom stereocenters. The lowest BCUT2D eigenvalue weighted by molar-refractivity contribution is 0.402. The van der Waals surface area contributed by atoms with Gasteiger partial charge in [-0.2, -0.15) is 0 Å². The van der Waals surface area contributed by atoms with Gasteiger partial charge in [-0.1, -0.05) is 93.9 Å². The molecule has 0 N–H and O–H groups in total. The van der Waals surface area contributed by atoms with E-state index in [0.717, 1.165) is 56.6 Å². The Kier molecular flexibility index (Phi) is 9.53. The van der Waals surface area contributed by atoms with Gasteiger partial charge in [-0.15, -0.1) is 0 Å². The van der Waals surface area contributed by atoms with Gasteiger partial charge in [0.1, 0.15) is 28.7 Å². The molecular formula is C41H44O4. The highest BCUT2D eigenvalue weighted by atomic mass is 16.5. The fourth-order valence-electron chi connectivity index (χ4n) is 6.07. The van der Waals surface area contributed by atoms with Gasteiger partial charge in [-0.25, -0.2) is 0 Å². The summed E-state index contributed by atoms with van der Waals surface area (Å²) in [4.78, 5) is 0. The molecular weight excluding hydrogens is 556 g/mol. The van der Waals surface area contributed by atoms with Crippen LogP contribution in [0.5, 0.6) is 28.7 Å². The lowest BCUT2D eigenvalue weighted by atomic mass is 9.64. The van der Waals surface area contributed by atoms with Crippen molar-refractivity contribution in [3.63, 3.8) is 0 Å². The van der Waals surface area contributed by atoms with Crippen molar-refractivity contribution in [2.45, 2.75) is 51.9 Å². The molecule has 0 aliphatic heterocycles. The lowest BCUT2D eigenvalue weighted by Gasteiger charge is -2.39. The summed E-state index contributed by atoms with van der Waals surface area (Å²) in [7, 11) is 5.13. The Morgan fingerprint density at radius 1 is 0.467 bits per heavy atom. The first-order valence-corrected chi connectivity index (χ1v) is 15.6. The van der Waals surface area contributed by atoms with Gasteiger partial charge in [0.2, 0.25) is 0 Å². The summed E-state index contributed by atoms with van der Waals surface area (Å²) in [5, 5.41) is 0. The third-order valence-electron chi connectivity index (χ3n) is 8.65. The summed E-state index contributed by atoms with van der Waals surface area (Å²) in [5.41, 5.74) is 6.91.